The normalized spacial score (nSPS) is 11.9. The minimum atomic E-state index is 0.319. The van der Waals surface area contributed by atoms with Gasteiger partial charge in [-0.25, -0.2) is 4.99 Å². The number of nitrogens with one attached hydrogen (secondary N) is 3. The maximum atomic E-state index is 5.40. The summed E-state index contributed by atoms with van der Waals surface area (Å²) in [6, 6.07) is 0. The van der Waals surface area contributed by atoms with Gasteiger partial charge >= 0.3 is 0 Å². The lowest BCUT2D eigenvalue weighted by Crippen LogP contribution is -2.41. The Bertz CT molecular complexity index is 179. The van der Waals surface area contributed by atoms with Crippen molar-refractivity contribution in [2.45, 2.75) is 26.7 Å². The largest absolute Gasteiger partial charge is 0.356 e. The van der Waals surface area contributed by atoms with E-state index in [-0.39, 0.29) is 0 Å². The molecule has 0 saturated carbocycles. The first-order chi connectivity index (χ1) is 7.70. The highest BCUT2D eigenvalue weighted by Crippen LogP contribution is 2.01. The molecule has 5 nitrogen and oxygen atoms in total. The number of nitrogens with two attached hydrogens (primary N) is 1. The van der Waals surface area contributed by atoms with Crippen molar-refractivity contribution >= 4 is 5.96 Å². The molecule has 96 valence electrons. The first-order valence-electron chi connectivity index (χ1n) is 6.07. The Labute approximate surface area is 99.3 Å². The van der Waals surface area contributed by atoms with Gasteiger partial charge in [-0.05, 0) is 25.8 Å². The molecule has 0 aliphatic rings. The topological polar surface area (TPSA) is 74.5 Å². The van der Waals surface area contributed by atoms with Crippen molar-refractivity contribution in [3.63, 3.8) is 0 Å². The van der Waals surface area contributed by atoms with E-state index in [1.807, 2.05) is 7.05 Å². The van der Waals surface area contributed by atoms with Crippen LogP contribution in [0, 0.1) is 5.92 Å². The molecule has 0 aliphatic heterocycles. The van der Waals surface area contributed by atoms with Crippen molar-refractivity contribution < 1.29 is 0 Å². The molecule has 16 heavy (non-hydrogen) atoms. The van der Waals surface area contributed by atoms with E-state index in [1.54, 1.807) is 0 Å². The predicted molar refractivity (Wildman–Crippen MR) is 70.5 cm³/mol. The maximum Gasteiger partial charge on any atom is 0.192 e. The minimum absolute atomic E-state index is 0.319. The highest BCUT2D eigenvalue weighted by molar-refractivity contribution is 5.79. The Morgan fingerprint density at radius 3 is 2.44 bits per heavy atom. The van der Waals surface area contributed by atoms with Gasteiger partial charge in [-0.1, -0.05) is 13.8 Å². The molecule has 0 amide bonds. The van der Waals surface area contributed by atoms with Gasteiger partial charge in [0, 0.05) is 19.6 Å². The molecule has 0 aromatic rings. The fourth-order valence-electron chi connectivity index (χ4n) is 1.29. The fraction of sp³-hybridized carbons (Fsp3) is 0.909. The van der Waals surface area contributed by atoms with E-state index in [4.69, 9.17) is 5.73 Å². The molecule has 0 heterocycles. The number of likely N-dealkylation sites (N-methyl/N-ethyl adjacent to an activating group) is 1. The molecule has 5 N–H and O–H groups in total. The molecule has 0 bridgehead atoms. The average molecular weight is 229 g/mol. The average Bonchev–Trinajstić information content (AvgIpc) is 2.24. The van der Waals surface area contributed by atoms with Gasteiger partial charge in [-0.15, -0.1) is 0 Å². The zero-order chi connectivity index (χ0) is 12.2. The molecule has 0 rings (SSSR count). The third kappa shape index (κ3) is 9.73. The quantitative estimate of drug-likeness (QED) is 0.270. The summed E-state index contributed by atoms with van der Waals surface area (Å²) in [5, 5.41) is 9.54. The first kappa shape index (κ1) is 15.2. The Balaban J connectivity index is 3.64. The van der Waals surface area contributed by atoms with E-state index in [2.05, 4.69) is 34.8 Å². The number of rotatable bonds is 8. The van der Waals surface area contributed by atoms with Gasteiger partial charge in [0.25, 0.3) is 0 Å². The molecule has 0 aromatic heterocycles. The minimum Gasteiger partial charge on any atom is -0.356 e. The van der Waals surface area contributed by atoms with Crippen LogP contribution in [-0.4, -0.2) is 39.3 Å². The van der Waals surface area contributed by atoms with Crippen LogP contribution in [0.15, 0.2) is 4.99 Å². The molecule has 0 saturated heterocycles. The van der Waals surface area contributed by atoms with Crippen LogP contribution in [0.2, 0.25) is 0 Å². The second-order valence-electron chi connectivity index (χ2n) is 4.18. The van der Waals surface area contributed by atoms with Gasteiger partial charge in [0.2, 0.25) is 0 Å². The van der Waals surface area contributed by atoms with Crippen molar-refractivity contribution in [2.75, 3.05) is 33.4 Å². The highest BCUT2D eigenvalue weighted by atomic mass is 15.2. The molecule has 0 unspecified atom stereocenters. The summed E-state index contributed by atoms with van der Waals surface area (Å²) in [7, 11) is 1.93. The third-order valence-corrected chi connectivity index (χ3v) is 2.17. The van der Waals surface area contributed by atoms with E-state index < -0.39 is 0 Å². The summed E-state index contributed by atoms with van der Waals surface area (Å²) in [5.41, 5.74) is 5.40. The molecule has 0 aliphatic carbocycles. The highest BCUT2D eigenvalue weighted by Gasteiger charge is 1.97. The lowest BCUT2D eigenvalue weighted by atomic mass is 10.1. The molecule has 0 spiro atoms. The van der Waals surface area contributed by atoms with Crippen LogP contribution >= 0.6 is 0 Å². The van der Waals surface area contributed by atoms with Crippen molar-refractivity contribution in [1.82, 2.24) is 16.0 Å². The number of hydrogen-bond acceptors (Lipinski definition) is 3. The van der Waals surface area contributed by atoms with E-state index in [9.17, 15) is 0 Å². The summed E-state index contributed by atoms with van der Waals surface area (Å²) >= 11 is 0. The number of nitrogens with zero attached hydrogens (tertiary/aromatic N) is 1. The SMILES string of the molecule is CNCCN/C(=N\CN)NCCCC(C)C. The van der Waals surface area contributed by atoms with Crippen LogP contribution in [0.25, 0.3) is 0 Å². The van der Waals surface area contributed by atoms with Gasteiger partial charge in [-0.2, -0.15) is 0 Å². The van der Waals surface area contributed by atoms with Crippen LogP contribution in [0.4, 0.5) is 0 Å². The fourth-order valence-corrected chi connectivity index (χ4v) is 1.29. The van der Waals surface area contributed by atoms with Crippen LogP contribution < -0.4 is 21.7 Å². The molecule has 0 radical (unpaired) electrons. The van der Waals surface area contributed by atoms with Gasteiger partial charge in [-0.3, -0.25) is 0 Å². The molecule has 0 fully saturated rings. The van der Waals surface area contributed by atoms with E-state index in [1.165, 1.54) is 6.42 Å². The van der Waals surface area contributed by atoms with Crippen LogP contribution in [0.5, 0.6) is 0 Å². The molecule has 0 aromatic carbocycles. The summed E-state index contributed by atoms with van der Waals surface area (Å²) < 4.78 is 0. The summed E-state index contributed by atoms with van der Waals surface area (Å²) in [4.78, 5) is 4.16. The monoisotopic (exact) mass is 229 g/mol. The number of aliphatic imine (C=N–C) groups is 1. The van der Waals surface area contributed by atoms with Crippen molar-refractivity contribution in [3.8, 4) is 0 Å². The number of guanidine groups is 1. The van der Waals surface area contributed by atoms with Crippen LogP contribution in [0.3, 0.4) is 0 Å². The molecule has 5 heteroatoms. The molecular weight excluding hydrogens is 202 g/mol. The van der Waals surface area contributed by atoms with Crippen LogP contribution in [0.1, 0.15) is 26.7 Å². The Hall–Kier alpha value is -0.810. The van der Waals surface area contributed by atoms with Crippen LogP contribution in [-0.2, 0) is 0 Å². The van der Waals surface area contributed by atoms with Crippen molar-refractivity contribution in [3.05, 3.63) is 0 Å². The lowest BCUT2D eigenvalue weighted by Gasteiger charge is -2.12. The maximum absolute atomic E-state index is 5.40. The van der Waals surface area contributed by atoms with Gasteiger partial charge in [0.05, 0.1) is 6.67 Å². The molecular formula is C11H27N5. The first-order valence-corrected chi connectivity index (χ1v) is 6.07. The standard InChI is InChI=1S/C11H27N5/c1-10(2)5-4-6-14-11(16-9-12)15-8-7-13-3/h10,13H,4-9,12H2,1-3H3,(H2,14,15,16). The smallest absolute Gasteiger partial charge is 0.192 e. The zero-order valence-electron chi connectivity index (χ0n) is 10.8. The lowest BCUT2D eigenvalue weighted by molar-refractivity contribution is 0.549. The molecule has 0 atom stereocenters. The Morgan fingerprint density at radius 1 is 1.19 bits per heavy atom. The van der Waals surface area contributed by atoms with Gasteiger partial charge in [0.15, 0.2) is 5.96 Å². The van der Waals surface area contributed by atoms with Gasteiger partial charge < -0.3 is 21.7 Å². The Morgan fingerprint density at radius 2 is 1.88 bits per heavy atom. The summed E-state index contributed by atoms with van der Waals surface area (Å²) in [6.07, 6.45) is 2.40. The Kier molecular flexibility index (Phi) is 10.2. The van der Waals surface area contributed by atoms with E-state index >= 15 is 0 Å². The summed E-state index contributed by atoms with van der Waals surface area (Å²) in [6.45, 7) is 7.51. The van der Waals surface area contributed by atoms with E-state index in [0.29, 0.717) is 6.67 Å². The van der Waals surface area contributed by atoms with Crippen molar-refractivity contribution in [1.29, 1.82) is 0 Å². The second-order valence-corrected chi connectivity index (χ2v) is 4.18. The van der Waals surface area contributed by atoms with Crippen molar-refractivity contribution in [2.24, 2.45) is 16.6 Å². The second kappa shape index (κ2) is 10.7. The van der Waals surface area contributed by atoms with E-state index in [0.717, 1.165) is 37.9 Å². The summed E-state index contributed by atoms with van der Waals surface area (Å²) in [5.74, 6) is 1.57. The number of hydrogen-bond donors (Lipinski definition) is 4. The third-order valence-electron chi connectivity index (χ3n) is 2.17. The van der Waals surface area contributed by atoms with Gasteiger partial charge in [0.1, 0.15) is 0 Å². The zero-order valence-corrected chi connectivity index (χ0v) is 10.8. The predicted octanol–water partition coefficient (Wildman–Crippen LogP) is 0.0934.